The molecule has 0 saturated carbocycles. The van der Waals surface area contributed by atoms with Gasteiger partial charge in [-0.3, -0.25) is 4.79 Å². The number of rotatable bonds is 3. The minimum Gasteiger partial charge on any atom is -0.371 e. The number of carbonyl (C=O) groups is 1. The summed E-state index contributed by atoms with van der Waals surface area (Å²) in [6, 6.07) is 6.04. The van der Waals surface area contributed by atoms with Crippen molar-refractivity contribution in [1.82, 2.24) is 0 Å². The number of sulfone groups is 1. The van der Waals surface area contributed by atoms with Crippen LogP contribution in [0.4, 0.5) is 0 Å². The third-order valence-electron chi connectivity index (χ3n) is 2.61. The van der Waals surface area contributed by atoms with Crippen molar-refractivity contribution in [3.8, 4) is 0 Å². The van der Waals surface area contributed by atoms with Crippen LogP contribution < -0.4 is 0 Å². The zero-order chi connectivity index (χ0) is 14.1. The highest BCUT2D eigenvalue weighted by Crippen LogP contribution is 2.23. The standard InChI is InChI=1S/C13H18O4S/c1-9-5-7-10(8-6-9)18(16,17)12(15)11(14)13(2,3)4/h5-8,12,15H,1-4H3. The maximum atomic E-state index is 12.1. The highest BCUT2D eigenvalue weighted by Gasteiger charge is 2.37. The van der Waals surface area contributed by atoms with Crippen molar-refractivity contribution in [2.45, 2.75) is 38.0 Å². The Labute approximate surface area is 108 Å². The Morgan fingerprint density at radius 1 is 1.17 bits per heavy atom. The largest absolute Gasteiger partial charge is 0.371 e. The van der Waals surface area contributed by atoms with Crippen LogP contribution in [0, 0.1) is 12.3 Å². The van der Waals surface area contributed by atoms with E-state index in [0.29, 0.717) is 0 Å². The number of carbonyl (C=O) groups excluding carboxylic acids is 1. The Balaban J connectivity index is 3.15. The van der Waals surface area contributed by atoms with Gasteiger partial charge in [0.05, 0.1) is 4.90 Å². The van der Waals surface area contributed by atoms with Gasteiger partial charge in [-0.15, -0.1) is 0 Å². The lowest BCUT2D eigenvalue weighted by molar-refractivity contribution is -0.131. The molecule has 0 aliphatic heterocycles. The fraction of sp³-hybridized carbons (Fsp3) is 0.462. The first-order valence-electron chi connectivity index (χ1n) is 5.60. The molecule has 1 aromatic rings. The molecule has 0 aliphatic carbocycles. The van der Waals surface area contributed by atoms with Crippen molar-refractivity contribution in [2.24, 2.45) is 5.41 Å². The van der Waals surface area contributed by atoms with Gasteiger partial charge in [0.15, 0.2) is 5.78 Å². The fourth-order valence-electron chi connectivity index (χ4n) is 1.37. The lowest BCUT2D eigenvalue weighted by Gasteiger charge is -2.20. The van der Waals surface area contributed by atoms with E-state index < -0.39 is 26.5 Å². The first-order valence-corrected chi connectivity index (χ1v) is 7.14. The Morgan fingerprint density at radius 2 is 1.61 bits per heavy atom. The molecular formula is C13H18O4S. The number of aliphatic hydroxyl groups is 1. The average Bonchev–Trinajstić information content (AvgIpc) is 2.26. The van der Waals surface area contributed by atoms with Crippen molar-refractivity contribution in [3.63, 3.8) is 0 Å². The third-order valence-corrected chi connectivity index (χ3v) is 4.34. The molecule has 0 fully saturated rings. The van der Waals surface area contributed by atoms with Crippen LogP contribution in [-0.4, -0.2) is 24.7 Å². The molecular weight excluding hydrogens is 252 g/mol. The van der Waals surface area contributed by atoms with Gasteiger partial charge in [0.2, 0.25) is 15.3 Å². The zero-order valence-electron chi connectivity index (χ0n) is 11.0. The molecule has 0 aromatic heterocycles. The zero-order valence-corrected chi connectivity index (χ0v) is 11.8. The van der Waals surface area contributed by atoms with Gasteiger partial charge in [-0.25, -0.2) is 8.42 Å². The van der Waals surface area contributed by atoms with Crippen LogP contribution in [0.2, 0.25) is 0 Å². The second-order valence-corrected chi connectivity index (χ2v) is 7.33. The van der Waals surface area contributed by atoms with Gasteiger partial charge in [0.25, 0.3) is 0 Å². The summed E-state index contributed by atoms with van der Waals surface area (Å²) in [6.07, 6.45) is 0. The molecule has 0 heterocycles. The predicted octanol–water partition coefficient (Wildman–Crippen LogP) is 1.70. The molecule has 0 amide bonds. The number of hydrogen-bond donors (Lipinski definition) is 1. The maximum absolute atomic E-state index is 12.1. The maximum Gasteiger partial charge on any atom is 0.219 e. The van der Waals surface area contributed by atoms with Crippen LogP contribution in [0.5, 0.6) is 0 Å². The van der Waals surface area contributed by atoms with Crippen LogP contribution in [0.3, 0.4) is 0 Å². The van der Waals surface area contributed by atoms with E-state index in [9.17, 15) is 18.3 Å². The van der Waals surface area contributed by atoms with Crippen LogP contribution in [-0.2, 0) is 14.6 Å². The van der Waals surface area contributed by atoms with Crippen LogP contribution >= 0.6 is 0 Å². The van der Waals surface area contributed by atoms with E-state index in [1.165, 1.54) is 12.1 Å². The molecule has 0 spiro atoms. The monoisotopic (exact) mass is 270 g/mol. The fourth-order valence-corrected chi connectivity index (χ4v) is 2.78. The summed E-state index contributed by atoms with van der Waals surface area (Å²) in [7, 11) is -4.03. The average molecular weight is 270 g/mol. The van der Waals surface area contributed by atoms with E-state index >= 15 is 0 Å². The first-order chi connectivity index (χ1) is 8.06. The lowest BCUT2D eigenvalue weighted by Crippen LogP contribution is -2.38. The Hall–Kier alpha value is -1.20. The smallest absolute Gasteiger partial charge is 0.219 e. The van der Waals surface area contributed by atoms with E-state index in [4.69, 9.17) is 0 Å². The van der Waals surface area contributed by atoms with Crippen molar-refractivity contribution in [3.05, 3.63) is 29.8 Å². The molecule has 1 aromatic carbocycles. The number of aliphatic hydroxyl groups excluding tert-OH is 1. The number of ketones is 1. The van der Waals surface area contributed by atoms with Crippen molar-refractivity contribution >= 4 is 15.6 Å². The van der Waals surface area contributed by atoms with E-state index in [-0.39, 0.29) is 4.90 Å². The molecule has 0 saturated heterocycles. The van der Waals surface area contributed by atoms with Crippen molar-refractivity contribution in [1.29, 1.82) is 0 Å². The van der Waals surface area contributed by atoms with Crippen molar-refractivity contribution in [2.75, 3.05) is 0 Å². The summed E-state index contributed by atoms with van der Waals surface area (Å²) in [5, 5.41) is 9.77. The summed E-state index contributed by atoms with van der Waals surface area (Å²) in [5.41, 5.74) is -2.01. The summed E-state index contributed by atoms with van der Waals surface area (Å²) in [5.74, 6) is -0.705. The van der Waals surface area contributed by atoms with Gasteiger partial charge in [-0.05, 0) is 19.1 Å². The van der Waals surface area contributed by atoms with Gasteiger partial charge in [0.1, 0.15) is 0 Å². The summed E-state index contributed by atoms with van der Waals surface area (Å²) >= 11 is 0. The van der Waals surface area contributed by atoms with Crippen molar-refractivity contribution < 1.29 is 18.3 Å². The predicted molar refractivity (Wildman–Crippen MR) is 68.8 cm³/mol. The van der Waals surface area contributed by atoms with E-state index in [1.807, 2.05) is 6.92 Å². The second-order valence-electron chi connectivity index (χ2n) is 5.32. The van der Waals surface area contributed by atoms with E-state index in [0.717, 1.165) is 5.56 Å². The third kappa shape index (κ3) is 2.97. The van der Waals surface area contributed by atoms with E-state index in [2.05, 4.69) is 0 Å². The molecule has 0 aliphatic rings. The number of benzene rings is 1. The first kappa shape index (κ1) is 14.9. The minimum absolute atomic E-state index is 0.0433. The number of Topliss-reactive ketones (excluding diaryl/α,β-unsaturated/α-hetero) is 1. The Kier molecular flexibility index (Phi) is 3.98. The molecule has 0 bridgehead atoms. The molecule has 1 atom stereocenters. The van der Waals surface area contributed by atoms with Crippen LogP contribution in [0.25, 0.3) is 0 Å². The van der Waals surface area contributed by atoms with Gasteiger partial charge >= 0.3 is 0 Å². The van der Waals surface area contributed by atoms with Gasteiger partial charge in [-0.1, -0.05) is 38.5 Å². The molecule has 1 unspecified atom stereocenters. The Morgan fingerprint density at radius 3 is 2.00 bits per heavy atom. The summed E-state index contributed by atoms with van der Waals surface area (Å²) in [6.45, 7) is 6.54. The van der Waals surface area contributed by atoms with Crippen LogP contribution in [0.1, 0.15) is 26.3 Å². The number of hydrogen-bond acceptors (Lipinski definition) is 4. The SMILES string of the molecule is Cc1ccc(S(=O)(=O)C(O)C(=O)C(C)(C)C)cc1. The molecule has 18 heavy (non-hydrogen) atoms. The summed E-state index contributed by atoms with van der Waals surface area (Å²) in [4.78, 5) is 11.8. The normalized spacial score (nSPS) is 14.3. The topological polar surface area (TPSA) is 71.4 Å². The minimum atomic E-state index is -4.03. The molecule has 1 rings (SSSR count). The van der Waals surface area contributed by atoms with E-state index in [1.54, 1.807) is 32.9 Å². The van der Waals surface area contributed by atoms with Gasteiger partial charge in [-0.2, -0.15) is 0 Å². The quantitative estimate of drug-likeness (QED) is 0.907. The molecule has 1 N–H and O–H groups in total. The highest BCUT2D eigenvalue weighted by atomic mass is 32.2. The molecule has 0 radical (unpaired) electrons. The van der Waals surface area contributed by atoms with Gasteiger partial charge < -0.3 is 5.11 Å². The molecule has 5 heteroatoms. The molecule has 100 valence electrons. The Bertz CT molecular complexity index is 535. The second kappa shape index (κ2) is 4.82. The van der Waals surface area contributed by atoms with Gasteiger partial charge in [0, 0.05) is 5.41 Å². The lowest BCUT2D eigenvalue weighted by atomic mass is 9.91. The van der Waals surface area contributed by atoms with Crippen LogP contribution in [0.15, 0.2) is 29.2 Å². The summed E-state index contributed by atoms with van der Waals surface area (Å²) < 4.78 is 24.1. The molecule has 4 nitrogen and oxygen atoms in total. The highest BCUT2D eigenvalue weighted by molar-refractivity contribution is 7.92. The number of aryl methyl sites for hydroxylation is 1.